The molecule has 1 aromatic heterocycles. The summed E-state index contributed by atoms with van der Waals surface area (Å²) in [5, 5.41) is 12.0. The lowest BCUT2D eigenvalue weighted by Gasteiger charge is -2.17. The number of carbonyl (C=O) groups is 1. The number of benzene rings is 2. The normalized spacial score (nSPS) is 12.2. The van der Waals surface area contributed by atoms with E-state index in [1.54, 1.807) is 18.2 Å². The molecule has 5 nitrogen and oxygen atoms in total. The van der Waals surface area contributed by atoms with Gasteiger partial charge in [-0.05, 0) is 30.5 Å². The Morgan fingerprint density at radius 2 is 1.76 bits per heavy atom. The third kappa shape index (κ3) is 5.44. The van der Waals surface area contributed by atoms with Crippen LogP contribution in [0.3, 0.4) is 0 Å². The van der Waals surface area contributed by atoms with Crippen molar-refractivity contribution >= 4 is 17.7 Å². The van der Waals surface area contributed by atoms with Crippen LogP contribution in [0.25, 0.3) is 11.4 Å². The predicted molar refractivity (Wildman–Crippen MR) is 114 cm³/mol. The molecular formula is C22H25FN4OS. The number of nitrogens with one attached hydrogen (secondary N) is 1. The highest BCUT2D eigenvalue weighted by atomic mass is 32.2. The molecule has 0 bridgehead atoms. The lowest BCUT2D eigenvalue weighted by atomic mass is 10.1. The Morgan fingerprint density at radius 1 is 1.07 bits per heavy atom. The van der Waals surface area contributed by atoms with Gasteiger partial charge in [0.25, 0.3) is 0 Å². The van der Waals surface area contributed by atoms with E-state index in [2.05, 4.69) is 29.4 Å². The molecule has 1 unspecified atom stereocenters. The van der Waals surface area contributed by atoms with Crippen LogP contribution >= 0.6 is 11.8 Å². The third-order valence-electron chi connectivity index (χ3n) is 4.74. The number of halogens is 1. The van der Waals surface area contributed by atoms with Gasteiger partial charge in [0.1, 0.15) is 5.82 Å². The molecule has 3 rings (SSSR count). The molecule has 152 valence electrons. The van der Waals surface area contributed by atoms with Crippen LogP contribution in [0.2, 0.25) is 0 Å². The first kappa shape index (κ1) is 21.0. The maximum absolute atomic E-state index is 14.4. The van der Waals surface area contributed by atoms with Crippen LogP contribution in [0.1, 0.15) is 26.3 Å². The lowest BCUT2D eigenvalue weighted by Crippen LogP contribution is -2.37. The first-order valence-corrected chi connectivity index (χ1v) is 10.6. The summed E-state index contributed by atoms with van der Waals surface area (Å²) >= 11 is 1.30. The molecule has 0 aliphatic carbocycles. The quantitative estimate of drug-likeness (QED) is 0.558. The van der Waals surface area contributed by atoms with Gasteiger partial charge in [-0.15, -0.1) is 10.2 Å². The van der Waals surface area contributed by atoms with Crippen molar-refractivity contribution in [2.75, 3.05) is 5.75 Å². The summed E-state index contributed by atoms with van der Waals surface area (Å²) in [4.78, 5) is 12.3. The molecule has 0 spiro atoms. The second-order valence-electron chi connectivity index (χ2n) is 7.25. The molecule has 1 amide bonds. The van der Waals surface area contributed by atoms with Crippen molar-refractivity contribution in [2.45, 2.75) is 38.5 Å². The number of amides is 1. The van der Waals surface area contributed by atoms with Gasteiger partial charge in [-0.3, -0.25) is 9.36 Å². The zero-order valence-electron chi connectivity index (χ0n) is 16.8. The van der Waals surface area contributed by atoms with E-state index < -0.39 is 0 Å². The van der Waals surface area contributed by atoms with Crippen LogP contribution in [0, 0.1) is 11.7 Å². The molecule has 0 aliphatic heterocycles. The number of hydrogen-bond donors (Lipinski definition) is 1. The third-order valence-corrected chi connectivity index (χ3v) is 5.70. The second kappa shape index (κ2) is 9.69. The van der Waals surface area contributed by atoms with Crippen LogP contribution in [0.5, 0.6) is 0 Å². The number of rotatable bonds is 8. The van der Waals surface area contributed by atoms with Gasteiger partial charge >= 0.3 is 0 Å². The van der Waals surface area contributed by atoms with Gasteiger partial charge in [0.2, 0.25) is 5.91 Å². The maximum atomic E-state index is 14.4. The molecule has 1 atom stereocenters. The highest BCUT2D eigenvalue weighted by molar-refractivity contribution is 7.99. The number of carbonyl (C=O) groups excluding carboxylic acids is 1. The minimum atomic E-state index is -0.353. The van der Waals surface area contributed by atoms with Crippen molar-refractivity contribution in [1.29, 1.82) is 0 Å². The number of nitrogens with zero attached hydrogens (tertiary/aromatic N) is 3. The van der Waals surface area contributed by atoms with Crippen molar-refractivity contribution in [1.82, 2.24) is 20.1 Å². The summed E-state index contributed by atoms with van der Waals surface area (Å²) < 4.78 is 16.2. The Balaban J connectivity index is 1.85. The minimum absolute atomic E-state index is 0.0575. The molecule has 0 saturated carbocycles. The van der Waals surface area contributed by atoms with Crippen molar-refractivity contribution < 1.29 is 9.18 Å². The van der Waals surface area contributed by atoms with Gasteiger partial charge in [-0.2, -0.15) is 0 Å². The predicted octanol–water partition coefficient (Wildman–Crippen LogP) is 4.39. The summed E-state index contributed by atoms with van der Waals surface area (Å²) in [6.07, 6.45) is 0. The smallest absolute Gasteiger partial charge is 0.230 e. The van der Waals surface area contributed by atoms with E-state index in [-0.39, 0.29) is 23.5 Å². The molecule has 29 heavy (non-hydrogen) atoms. The van der Waals surface area contributed by atoms with Gasteiger partial charge in [0.05, 0.1) is 17.9 Å². The Morgan fingerprint density at radius 3 is 2.45 bits per heavy atom. The van der Waals surface area contributed by atoms with Crippen LogP contribution in [0.4, 0.5) is 4.39 Å². The fourth-order valence-electron chi connectivity index (χ4n) is 2.74. The van der Waals surface area contributed by atoms with E-state index in [4.69, 9.17) is 0 Å². The lowest BCUT2D eigenvalue weighted by molar-refractivity contribution is -0.119. The zero-order valence-corrected chi connectivity index (χ0v) is 17.6. The summed E-state index contributed by atoms with van der Waals surface area (Å²) in [7, 11) is 0. The second-order valence-corrected chi connectivity index (χ2v) is 8.19. The van der Waals surface area contributed by atoms with Crippen LogP contribution in [-0.4, -0.2) is 32.5 Å². The topological polar surface area (TPSA) is 59.8 Å². The van der Waals surface area contributed by atoms with Crippen molar-refractivity contribution in [3.05, 3.63) is 66.0 Å². The molecule has 2 aromatic carbocycles. The summed E-state index contributed by atoms with van der Waals surface area (Å²) in [6.45, 7) is 6.61. The van der Waals surface area contributed by atoms with E-state index >= 15 is 0 Å². The Bertz CT molecular complexity index is 958. The average Bonchev–Trinajstić information content (AvgIpc) is 3.09. The minimum Gasteiger partial charge on any atom is -0.353 e. The van der Waals surface area contributed by atoms with E-state index in [9.17, 15) is 9.18 Å². The maximum Gasteiger partial charge on any atom is 0.230 e. The monoisotopic (exact) mass is 412 g/mol. The van der Waals surface area contributed by atoms with Crippen LogP contribution < -0.4 is 5.32 Å². The van der Waals surface area contributed by atoms with Gasteiger partial charge in [-0.1, -0.05) is 68.1 Å². The molecule has 0 fully saturated rings. The molecule has 0 saturated heterocycles. The van der Waals surface area contributed by atoms with Crippen LogP contribution in [-0.2, 0) is 11.3 Å². The van der Waals surface area contributed by atoms with E-state index in [1.165, 1.54) is 17.8 Å². The largest absolute Gasteiger partial charge is 0.353 e. The Labute approximate surface area is 174 Å². The molecule has 0 radical (unpaired) electrons. The van der Waals surface area contributed by atoms with Gasteiger partial charge in [-0.25, -0.2) is 4.39 Å². The van der Waals surface area contributed by atoms with Crippen molar-refractivity contribution in [3.8, 4) is 11.4 Å². The Kier molecular flexibility index (Phi) is 7.04. The molecule has 0 aliphatic rings. The van der Waals surface area contributed by atoms with Crippen LogP contribution in [0.15, 0.2) is 59.8 Å². The highest BCUT2D eigenvalue weighted by Gasteiger charge is 2.19. The van der Waals surface area contributed by atoms with Crippen molar-refractivity contribution in [2.24, 2.45) is 5.92 Å². The standard InChI is InChI=1S/C22H25FN4OS/c1-15(2)16(3)24-20(28)14-29-22-26-25-21(18-11-7-8-12-19(18)23)27(22)13-17-9-5-4-6-10-17/h4-12,15-16H,13-14H2,1-3H3,(H,24,28). The highest BCUT2D eigenvalue weighted by Crippen LogP contribution is 2.27. The first-order valence-electron chi connectivity index (χ1n) is 9.60. The summed E-state index contributed by atoms with van der Waals surface area (Å²) in [5.41, 5.74) is 1.44. The number of aromatic nitrogens is 3. The number of hydrogen-bond acceptors (Lipinski definition) is 4. The molecule has 1 N–H and O–H groups in total. The van der Waals surface area contributed by atoms with Gasteiger partial charge in [0.15, 0.2) is 11.0 Å². The fourth-order valence-corrected chi connectivity index (χ4v) is 3.49. The van der Waals surface area contributed by atoms with Gasteiger partial charge in [0, 0.05) is 6.04 Å². The van der Waals surface area contributed by atoms with E-state index in [0.29, 0.717) is 29.0 Å². The van der Waals surface area contributed by atoms with E-state index in [0.717, 1.165) is 5.56 Å². The molecule has 7 heteroatoms. The molecule has 1 heterocycles. The number of thioether (sulfide) groups is 1. The zero-order chi connectivity index (χ0) is 20.8. The SMILES string of the molecule is CC(C)C(C)NC(=O)CSc1nnc(-c2ccccc2F)n1Cc1ccccc1. The fraction of sp³-hybridized carbons (Fsp3) is 0.318. The van der Waals surface area contributed by atoms with Crippen molar-refractivity contribution in [3.63, 3.8) is 0 Å². The molecular weight excluding hydrogens is 387 g/mol. The van der Waals surface area contributed by atoms with Gasteiger partial charge < -0.3 is 5.32 Å². The molecule has 3 aromatic rings. The summed E-state index contributed by atoms with van der Waals surface area (Å²) in [5.74, 6) is 0.622. The van der Waals surface area contributed by atoms with E-state index in [1.807, 2.05) is 41.8 Å². The Hall–Kier alpha value is -2.67. The summed E-state index contributed by atoms with van der Waals surface area (Å²) in [6, 6.07) is 16.5. The first-order chi connectivity index (χ1) is 14.0. The average molecular weight is 413 g/mol.